The summed E-state index contributed by atoms with van der Waals surface area (Å²) >= 11 is 5.19. The Bertz CT molecular complexity index is 369. The molecule has 0 spiro atoms. The highest BCUT2D eigenvalue weighted by Crippen LogP contribution is 2.36. The maximum Gasteiger partial charge on any atom is 0.0193 e. The van der Waals surface area contributed by atoms with Crippen LogP contribution in [0.1, 0.15) is 63.0 Å². The van der Waals surface area contributed by atoms with E-state index < -0.39 is 0 Å². The van der Waals surface area contributed by atoms with Crippen molar-refractivity contribution < 1.29 is 0 Å². The number of hydrogen-bond acceptors (Lipinski definition) is 1. The largest absolute Gasteiger partial charge is 0.0846 e. The molecule has 1 heteroatoms. The SMILES string of the molecule is CC[C@H]1CC[C@H](c2ccc(C(C)=S)cc2)CC1. The van der Waals surface area contributed by atoms with Crippen molar-refractivity contribution in [3.63, 3.8) is 0 Å². The molecule has 1 aliphatic carbocycles. The Morgan fingerprint density at radius 2 is 1.71 bits per heavy atom. The summed E-state index contributed by atoms with van der Waals surface area (Å²) in [6.45, 7) is 4.32. The summed E-state index contributed by atoms with van der Waals surface area (Å²) in [7, 11) is 0. The van der Waals surface area contributed by atoms with Crippen molar-refractivity contribution in [3.05, 3.63) is 35.4 Å². The van der Waals surface area contributed by atoms with Crippen molar-refractivity contribution in [2.75, 3.05) is 0 Å². The van der Waals surface area contributed by atoms with Crippen LogP contribution in [0.4, 0.5) is 0 Å². The molecule has 17 heavy (non-hydrogen) atoms. The predicted molar refractivity (Wildman–Crippen MR) is 78.8 cm³/mol. The van der Waals surface area contributed by atoms with Crippen LogP contribution in [-0.2, 0) is 0 Å². The summed E-state index contributed by atoms with van der Waals surface area (Å²) in [6, 6.07) is 8.93. The van der Waals surface area contributed by atoms with E-state index in [1.807, 2.05) is 6.92 Å². The summed E-state index contributed by atoms with van der Waals surface area (Å²) in [5.41, 5.74) is 2.71. The fourth-order valence-corrected chi connectivity index (χ4v) is 3.03. The van der Waals surface area contributed by atoms with Gasteiger partial charge in [-0.05, 0) is 55.6 Å². The molecule has 92 valence electrons. The Hall–Kier alpha value is -0.690. The van der Waals surface area contributed by atoms with Gasteiger partial charge in [0.25, 0.3) is 0 Å². The Kier molecular flexibility index (Phi) is 4.33. The minimum absolute atomic E-state index is 0.789. The molecule has 1 aromatic carbocycles. The average Bonchev–Trinajstić information content (AvgIpc) is 2.39. The highest BCUT2D eigenvalue weighted by molar-refractivity contribution is 7.80. The molecule has 0 bridgehead atoms. The first kappa shape index (κ1) is 12.8. The van der Waals surface area contributed by atoms with Crippen LogP contribution in [0.5, 0.6) is 0 Å². The Morgan fingerprint density at radius 1 is 1.12 bits per heavy atom. The maximum atomic E-state index is 5.19. The first-order valence-corrected chi connectivity index (χ1v) is 7.22. The topological polar surface area (TPSA) is 0 Å². The zero-order valence-electron chi connectivity index (χ0n) is 10.9. The molecule has 0 heterocycles. The molecule has 0 N–H and O–H groups in total. The smallest absolute Gasteiger partial charge is 0.0193 e. The van der Waals surface area contributed by atoms with E-state index in [4.69, 9.17) is 12.2 Å². The molecular weight excluding hydrogens is 224 g/mol. The van der Waals surface area contributed by atoms with Crippen LogP contribution in [0.15, 0.2) is 24.3 Å². The van der Waals surface area contributed by atoms with E-state index in [1.165, 1.54) is 43.2 Å². The molecule has 1 aliphatic rings. The number of hydrogen-bond donors (Lipinski definition) is 0. The number of rotatable bonds is 3. The molecule has 0 amide bonds. The molecule has 1 saturated carbocycles. The predicted octanol–water partition coefficient (Wildman–Crippen LogP) is 5.11. The van der Waals surface area contributed by atoms with E-state index in [-0.39, 0.29) is 0 Å². The van der Waals surface area contributed by atoms with E-state index >= 15 is 0 Å². The van der Waals surface area contributed by atoms with Gasteiger partial charge in [-0.2, -0.15) is 0 Å². The van der Waals surface area contributed by atoms with Gasteiger partial charge in [-0.3, -0.25) is 0 Å². The average molecular weight is 246 g/mol. The molecule has 2 rings (SSSR count). The van der Waals surface area contributed by atoms with E-state index in [0.717, 1.165) is 16.7 Å². The van der Waals surface area contributed by atoms with Crippen LogP contribution < -0.4 is 0 Å². The lowest BCUT2D eigenvalue weighted by Crippen LogP contribution is -2.12. The van der Waals surface area contributed by atoms with E-state index in [9.17, 15) is 0 Å². The van der Waals surface area contributed by atoms with Gasteiger partial charge in [0.05, 0.1) is 0 Å². The second-order valence-corrected chi connectivity index (χ2v) is 5.92. The quantitative estimate of drug-likeness (QED) is 0.527. The van der Waals surface area contributed by atoms with Gasteiger partial charge in [0.2, 0.25) is 0 Å². The number of benzene rings is 1. The molecular formula is C16H22S. The standard InChI is InChI=1S/C16H22S/c1-3-13-4-6-15(7-5-13)16-10-8-14(9-11-16)12(2)17/h8-11,13,15H,3-7H2,1-2H3/t13-,15-. The molecule has 0 radical (unpaired) electrons. The minimum Gasteiger partial charge on any atom is -0.0846 e. The lowest BCUT2D eigenvalue weighted by atomic mass is 9.78. The second-order valence-electron chi connectivity index (χ2n) is 5.30. The van der Waals surface area contributed by atoms with Gasteiger partial charge >= 0.3 is 0 Å². The van der Waals surface area contributed by atoms with Gasteiger partial charge in [-0.15, -0.1) is 0 Å². The van der Waals surface area contributed by atoms with Crippen molar-refractivity contribution in [3.8, 4) is 0 Å². The first-order valence-electron chi connectivity index (χ1n) is 6.81. The third-order valence-corrected chi connectivity index (χ3v) is 4.45. The van der Waals surface area contributed by atoms with Gasteiger partial charge in [0.1, 0.15) is 0 Å². The highest BCUT2D eigenvalue weighted by atomic mass is 32.1. The van der Waals surface area contributed by atoms with Crippen molar-refractivity contribution in [2.45, 2.75) is 51.9 Å². The normalized spacial score (nSPS) is 24.6. The molecule has 0 unspecified atom stereocenters. The second kappa shape index (κ2) is 5.77. The minimum atomic E-state index is 0.789. The maximum absolute atomic E-state index is 5.19. The lowest BCUT2D eigenvalue weighted by molar-refractivity contribution is 0.319. The van der Waals surface area contributed by atoms with Crippen molar-refractivity contribution >= 4 is 17.1 Å². The third-order valence-electron chi connectivity index (χ3n) is 4.21. The number of thiocarbonyl (C=S) groups is 1. The van der Waals surface area contributed by atoms with Gasteiger partial charge in [-0.1, -0.05) is 49.8 Å². The Balaban J connectivity index is 2.01. The summed E-state index contributed by atoms with van der Waals surface area (Å²) in [5, 5.41) is 0. The molecule has 0 aliphatic heterocycles. The van der Waals surface area contributed by atoms with E-state index in [1.54, 1.807) is 0 Å². The van der Waals surface area contributed by atoms with Gasteiger partial charge < -0.3 is 0 Å². The summed E-state index contributed by atoms with van der Waals surface area (Å²) in [5.74, 6) is 1.77. The first-order chi connectivity index (χ1) is 8.20. The van der Waals surface area contributed by atoms with Crippen LogP contribution in [0.2, 0.25) is 0 Å². The highest BCUT2D eigenvalue weighted by Gasteiger charge is 2.20. The summed E-state index contributed by atoms with van der Waals surface area (Å²) < 4.78 is 0. The van der Waals surface area contributed by atoms with Crippen LogP contribution >= 0.6 is 12.2 Å². The molecule has 0 saturated heterocycles. The van der Waals surface area contributed by atoms with Crippen molar-refractivity contribution in [1.29, 1.82) is 0 Å². The van der Waals surface area contributed by atoms with Gasteiger partial charge in [0.15, 0.2) is 0 Å². The molecule has 1 fully saturated rings. The molecule has 0 nitrogen and oxygen atoms in total. The Morgan fingerprint density at radius 3 is 2.18 bits per heavy atom. The molecule has 0 atom stereocenters. The van der Waals surface area contributed by atoms with Crippen LogP contribution in [-0.4, -0.2) is 4.86 Å². The molecule has 1 aromatic rings. The fraction of sp³-hybridized carbons (Fsp3) is 0.562. The third kappa shape index (κ3) is 3.16. The van der Waals surface area contributed by atoms with Gasteiger partial charge in [0, 0.05) is 4.86 Å². The van der Waals surface area contributed by atoms with Crippen molar-refractivity contribution in [1.82, 2.24) is 0 Å². The fourth-order valence-electron chi connectivity index (χ4n) is 2.89. The van der Waals surface area contributed by atoms with Crippen LogP contribution in [0.3, 0.4) is 0 Å². The van der Waals surface area contributed by atoms with Crippen LogP contribution in [0.25, 0.3) is 0 Å². The summed E-state index contributed by atoms with van der Waals surface area (Å²) in [6.07, 6.45) is 6.92. The zero-order chi connectivity index (χ0) is 12.3. The Labute approximate surface area is 110 Å². The van der Waals surface area contributed by atoms with E-state index in [0.29, 0.717) is 0 Å². The lowest BCUT2D eigenvalue weighted by Gasteiger charge is -2.28. The van der Waals surface area contributed by atoms with Gasteiger partial charge in [-0.25, -0.2) is 0 Å². The summed E-state index contributed by atoms with van der Waals surface area (Å²) in [4.78, 5) is 0.992. The van der Waals surface area contributed by atoms with Crippen molar-refractivity contribution in [2.24, 2.45) is 5.92 Å². The zero-order valence-corrected chi connectivity index (χ0v) is 11.7. The monoisotopic (exact) mass is 246 g/mol. The van der Waals surface area contributed by atoms with Crippen LogP contribution in [0, 0.1) is 5.92 Å². The molecule has 0 aromatic heterocycles. The van der Waals surface area contributed by atoms with E-state index in [2.05, 4.69) is 31.2 Å².